The number of imidazole rings is 1. The van der Waals surface area contributed by atoms with Crippen LogP contribution in [0.2, 0.25) is 0 Å². The van der Waals surface area contributed by atoms with Crippen LogP contribution in [0, 0.1) is 6.92 Å². The Morgan fingerprint density at radius 1 is 1.20 bits per heavy atom. The van der Waals surface area contributed by atoms with Crippen LogP contribution >= 0.6 is 0 Å². The number of carbonyl (C=O) groups excluding carboxylic acids is 1. The van der Waals surface area contributed by atoms with Crippen molar-refractivity contribution in [3.05, 3.63) is 77.4 Å². The van der Waals surface area contributed by atoms with E-state index in [2.05, 4.69) is 15.5 Å². The Kier molecular flexibility index (Phi) is 5.03. The minimum absolute atomic E-state index is 0.172. The van der Waals surface area contributed by atoms with Gasteiger partial charge in [0.05, 0.1) is 5.69 Å². The number of carbonyl (C=O) groups is 1. The molecule has 0 fully saturated rings. The lowest BCUT2D eigenvalue weighted by Crippen LogP contribution is -2.12. The van der Waals surface area contributed by atoms with Crippen molar-refractivity contribution >= 4 is 17.4 Å². The molecule has 1 amide bonds. The van der Waals surface area contributed by atoms with E-state index in [1.54, 1.807) is 30.3 Å². The summed E-state index contributed by atoms with van der Waals surface area (Å²) in [5.74, 6) is 1.51. The van der Waals surface area contributed by atoms with Gasteiger partial charge in [0.15, 0.2) is 5.82 Å². The molecule has 30 heavy (non-hydrogen) atoms. The van der Waals surface area contributed by atoms with E-state index in [1.807, 2.05) is 56.6 Å². The van der Waals surface area contributed by atoms with Gasteiger partial charge in [0, 0.05) is 29.4 Å². The summed E-state index contributed by atoms with van der Waals surface area (Å²) in [4.78, 5) is 17.0. The van der Waals surface area contributed by atoms with Crippen LogP contribution in [-0.4, -0.2) is 20.4 Å². The Morgan fingerprint density at radius 2 is 1.97 bits per heavy atom. The van der Waals surface area contributed by atoms with E-state index in [9.17, 15) is 4.79 Å². The zero-order valence-electron chi connectivity index (χ0n) is 17.5. The minimum atomic E-state index is -0.258. The lowest BCUT2D eigenvalue weighted by atomic mass is 9.93. The summed E-state index contributed by atoms with van der Waals surface area (Å²) < 4.78 is 13.1. The number of ether oxygens (including phenoxy) is 1. The molecule has 0 bridgehead atoms. The molecule has 4 rings (SSSR count). The number of pyridine rings is 1. The first-order valence-electron chi connectivity index (χ1n) is 9.74. The molecule has 0 atom stereocenters. The molecule has 0 aliphatic carbocycles. The second-order valence-electron chi connectivity index (χ2n) is 8.25. The molecular weight excluding hydrogens is 380 g/mol. The summed E-state index contributed by atoms with van der Waals surface area (Å²) >= 11 is 0. The number of rotatable bonds is 5. The lowest BCUT2D eigenvalue weighted by Gasteiger charge is -2.12. The van der Waals surface area contributed by atoms with Crippen LogP contribution in [0.3, 0.4) is 0 Å². The second-order valence-corrected chi connectivity index (χ2v) is 8.25. The van der Waals surface area contributed by atoms with Crippen molar-refractivity contribution in [2.75, 3.05) is 5.32 Å². The maximum Gasteiger partial charge on any atom is 0.256 e. The van der Waals surface area contributed by atoms with Gasteiger partial charge in [-0.25, -0.2) is 4.98 Å². The highest BCUT2D eigenvalue weighted by Gasteiger charge is 2.20. The van der Waals surface area contributed by atoms with E-state index in [-0.39, 0.29) is 11.3 Å². The monoisotopic (exact) mass is 404 g/mol. The molecule has 0 radical (unpaired) electrons. The van der Waals surface area contributed by atoms with Crippen LogP contribution in [0.15, 0.2) is 59.4 Å². The molecule has 0 saturated heterocycles. The number of benzene rings is 1. The number of aromatic nitrogens is 3. The van der Waals surface area contributed by atoms with E-state index < -0.39 is 0 Å². The number of fused-ring (bicyclic) bond motifs is 1. The molecule has 154 valence electrons. The van der Waals surface area contributed by atoms with Gasteiger partial charge in [0.2, 0.25) is 0 Å². The smallest absolute Gasteiger partial charge is 0.256 e. The lowest BCUT2D eigenvalue weighted by molar-refractivity contribution is 0.102. The average molecular weight is 404 g/mol. The Morgan fingerprint density at radius 3 is 2.63 bits per heavy atom. The molecule has 7 heteroatoms. The molecule has 3 aromatic heterocycles. The van der Waals surface area contributed by atoms with Crippen LogP contribution in [0.1, 0.15) is 48.1 Å². The van der Waals surface area contributed by atoms with E-state index in [4.69, 9.17) is 9.26 Å². The number of anilines is 1. The van der Waals surface area contributed by atoms with Crippen molar-refractivity contribution in [3.63, 3.8) is 0 Å². The Balaban J connectivity index is 1.37. The van der Waals surface area contributed by atoms with Gasteiger partial charge in [-0.3, -0.25) is 4.79 Å². The van der Waals surface area contributed by atoms with E-state index >= 15 is 0 Å². The van der Waals surface area contributed by atoms with Crippen LogP contribution in [0.25, 0.3) is 5.65 Å². The zero-order chi connectivity index (χ0) is 21.3. The quantitative estimate of drug-likeness (QED) is 0.519. The Labute approximate surface area is 174 Å². The van der Waals surface area contributed by atoms with Crippen molar-refractivity contribution in [3.8, 4) is 5.75 Å². The summed E-state index contributed by atoms with van der Waals surface area (Å²) in [6.07, 6.45) is 3.92. The van der Waals surface area contributed by atoms with E-state index in [0.29, 0.717) is 29.5 Å². The fourth-order valence-electron chi connectivity index (χ4n) is 3.01. The second kappa shape index (κ2) is 7.67. The third-order valence-electron chi connectivity index (χ3n) is 4.72. The van der Waals surface area contributed by atoms with Crippen molar-refractivity contribution in [1.82, 2.24) is 14.5 Å². The Bertz CT molecular complexity index is 1180. The van der Waals surface area contributed by atoms with Crippen LogP contribution < -0.4 is 10.1 Å². The molecule has 1 aromatic carbocycles. The fraction of sp³-hybridized carbons (Fsp3) is 0.261. The van der Waals surface area contributed by atoms with Crippen LogP contribution in [-0.2, 0) is 12.0 Å². The van der Waals surface area contributed by atoms with Crippen molar-refractivity contribution in [2.45, 2.75) is 39.7 Å². The number of aryl methyl sites for hydroxylation is 1. The Hall–Kier alpha value is -3.61. The first-order valence-corrected chi connectivity index (χ1v) is 9.74. The van der Waals surface area contributed by atoms with Crippen LogP contribution in [0.5, 0.6) is 5.75 Å². The first kappa shape index (κ1) is 19.7. The van der Waals surface area contributed by atoms with Gasteiger partial charge >= 0.3 is 0 Å². The normalized spacial score (nSPS) is 11.6. The molecule has 7 nitrogen and oxygen atoms in total. The number of nitrogens with zero attached hydrogens (tertiary/aromatic N) is 3. The highest BCUT2D eigenvalue weighted by molar-refractivity contribution is 6.03. The predicted octanol–water partition coefficient (Wildman–Crippen LogP) is 4.76. The number of hydrogen-bond acceptors (Lipinski definition) is 5. The molecule has 0 saturated carbocycles. The van der Waals surface area contributed by atoms with E-state index in [0.717, 1.165) is 16.9 Å². The third-order valence-corrected chi connectivity index (χ3v) is 4.72. The van der Waals surface area contributed by atoms with Crippen molar-refractivity contribution in [2.24, 2.45) is 0 Å². The average Bonchev–Trinajstić information content (AvgIpc) is 3.34. The number of amides is 1. The van der Waals surface area contributed by atoms with Gasteiger partial charge in [-0.15, -0.1) is 0 Å². The zero-order valence-corrected chi connectivity index (χ0v) is 17.5. The third kappa shape index (κ3) is 4.20. The molecule has 4 aromatic rings. The molecule has 0 unspecified atom stereocenters. The molecule has 3 heterocycles. The topological polar surface area (TPSA) is 81.7 Å². The SMILES string of the molecule is Cc1cccn2cc(COc3ccc(C(=O)Nc4cc(C(C)(C)C)on4)cc3)nc12. The predicted molar refractivity (Wildman–Crippen MR) is 114 cm³/mol. The van der Waals surface area contributed by atoms with Crippen molar-refractivity contribution in [1.29, 1.82) is 0 Å². The largest absolute Gasteiger partial charge is 0.487 e. The number of hydrogen-bond donors (Lipinski definition) is 1. The summed E-state index contributed by atoms with van der Waals surface area (Å²) in [6, 6.07) is 12.7. The van der Waals surface area contributed by atoms with E-state index in [1.165, 1.54) is 0 Å². The van der Waals surface area contributed by atoms with Crippen molar-refractivity contribution < 1.29 is 14.1 Å². The van der Waals surface area contributed by atoms with Gasteiger partial charge in [0.1, 0.15) is 23.8 Å². The summed E-state index contributed by atoms with van der Waals surface area (Å²) in [6.45, 7) is 8.43. The van der Waals surface area contributed by atoms with Crippen LogP contribution in [0.4, 0.5) is 5.82 Å². The fourth-order valence-corrected chi connectivity index (χ4v) is 3.01. The minimum Gasteiger partial charge on any atom is -0.487 e. The maximum atomic E-state index is 12.4. The molecule has 0 spiro atoms. The standard InChI is InChI=1S/C23H24N4O3/c1-15-6-5-11-27-13-17(24-21(15)27)14-29-18-9-7-16(8-10-18)22(28)25-20-12-19(30-26-20)23(2,3)4/h5-13H,14H2,1-4H3,(H,25,26,28). The van der Waals surface area contributed by atoms with Gasteiger partial charge in [-0.1, -0.05) is 32.0 Å². The van der Waals surface area contributed by atoms with Gasteiger partial charge in [-0.05, 0) is 42.8 Å². The highest BCUT2D eigenvalue weighted by atomic mass is 16.5. The molecular formula is C23H24N4O3. The maximum absolute atomic E-state index is 12.4. The van der Waals surface area contributed by atoms with Gasteiger partial charge in [0.25, 0.3) is 5.91 Å². The molecule has 0 aliphatic heterocycles. The summed E-state index contributed by atoms with van der Waals surface area (Å²) in [5, 5.41) is 6.66. The van der Waals surface area contributed by atoms with Gasteiger partial charge < -0.3 is 19.0 Å². The highest BCUT2D eigenvalue weighted by Crippen LogP contribution is 2.24. The summed E-state index contributed by atoms with van der Waals surface area (Å²) in [5.41, 5.74) is 3.21. The molecule has 0 aliphatic rings. The van der Waals surface area contributed by atoms with Gasteiger partial charge in [-0.2, -0.15) is 0 Å². The summed E-state index contributed by atoms with van der Waals surface area (Å²) in [7, 11) is 0. The number of nitrogens with one attached hydrogen (secondary N) is 1. The molecule has 1 N–H and O–H groups in total. The first-order chi connectivity index (χ1) is 14.3.